The van der Waals surface area contributed by atoms with Crippen molar-refractivity contribution in [2.24, 2.45) is 0 Å². The topological polar surface area (TPSA) is 9.23 Å². The van der Waals surface area contributed by atoms with Crippen molar-refractivity contribution in [3.05, 3.63) is 59.7 Å². The Hall–Kier alpha value is -0.565. The number of ether oxygens (including phenoxy) is 1. The van der Waals surface area contributed by atoms with E-state index in [2.05, 4.69) is 24.3 Å². The molecule has 0 spiro atoms. The van der Waals surface area contributed by atoms with Crippen molar-refractivity contribution in [3.63, 3.8) is 0 Å². The first-order valence-corrected chi connectivity index (χ1v) is 4.77. The second-order valence-electron chi connectivity index (χ2n) is 3.49. The molecule has 72 valence electrons. The molecule has 0 N–H and O–H groups in total. The van der Waals surface area contributed by atoms with E-state index in [0.29, 0.717) is 0 Å². The predicted molar refractivity (Wildman–Crippen MR) is 70.1 cm³/mol. The molecule has 0 radical (unpaired) electrons. The van der Waals surface area contributed by atoms with Crippen LogP contribution in [0, 0.1) is 0 Å². The molecular weight excluding hydrogens is 186 g/mol. The van der Waals surface area contributed by atoms with Gasteiger partial charge in [0.05, 0.1) is 0 Å². The van der Waals surface area contributed by atoms with Gasteiger partial charge < -0.3 is 4.74 Å². The molecule has 0 aromatic heterocycles. The number of fused-ring (bicyclic) bond motifs is 2. The smallest absolute Gasteiger partial charge is 0.130 e. The standard InChI is InChI=1S/C13H10O.2Li.2H/c1-3-7-12-10(5-1)9-11-6-2-4-8-13(11)14-12;;;;/h1-8H,9H2;;;;. The summed E-state index contributed by atoms with van der Waals surface area (Å²) in [7, 11) is 0. The largest absolute Gasteiger partial charge is 0.457 e. The van der Waals surface area contributed by atoms with Crippen LogP contribution in [0.4, 0.5) is 0 Å². The molecule has 0 fully saturated rings. The molecule has 0 amide bonds. The Bertz CT molecular complexity index is 395. The normalized spacial score (nSPS) is 11.0. The first-order valence-electron chi connectivity index (χ1n) is 4.77. The fraction of sp³-hybridized carbons (Fsp3) is 0.0769. The number of benzene rings is 2. The molecule has 2 aromatic rings. The average Bonchev–Trinajstić information content (AvgIpc) is 2.26. The third-order valence-corrected chi connectivity index (χ3v) is 2.55. The SMILES string of the molecule is [LiH].[LiH].c1ccc2c(c1)Cc1ccccc1O2. The Kier molecular flexibility index (Phi) is 4.78. The van der Waals surface area contributed by atoms with Gasteiger partial charge in [0, 0.05) is 6.42 Å². The second-order valence-corrected chi connectivity index (χ2v) is 3.49. The summed E-state index contributed by atoms with van der Waals surface area (Å²) in [6, 6.07) is 16.4. The van der Waals surface area contributed by atoms with Crippen molar-refractivity contribution >= 4 is 37.7 Å². The van der Waals surface area contributed by atoms with Crippen LogP contribution in [0.5, 0.6) is 11.5 Å². The van der Waals surface area contributed by atoms with E-state index in [4.69, 9.17) is 4.74 Å². The van der Waals surface area contributed by atoms with Crippen LogP contribution >= 0.6 is 0 Å². The van der Waals surface area contributed by atoms with E-state index >= 15 is 0 Å². The zero-order valence-electron chi connectivity index (χ0n) is 7.73. The third-order valence-electron chi connectivity index (χ3n) is 2.55. The Labute approximate surface area is 120 Å². The molecule has 0 saturated carbocycles. The van der Waals surface area contributed by atoms with Crippen molar-refractivity contribution in [1.82, 2.24) is 0 Å². The number of hydrogen-bond acceptors (Lipinski definition) is 1. The fourth-order valence-corrected chi connectivity index (χ4v) is 1.82. The number of rotatable bonds is 0. The van der Waals surface area contributed by atoms with Crippen molar-refractivity contribution in [2.75, 3.05) is 0 Å². The summed E-state index contributed by atoms with van der Waals surface area (Å²) < 4.78 is 5.78. The third kappa shape index (κ3) is 2.40. The van der Waals surface area contributed by atoms with Crippen LogP contribution in [0.2, 0.25) is 0 Å². The van der Waals surface area contributed by atoms with Gasteiger partial charge in [-0.2, -0.15) is 0 Å². The van der Waals surface area contributed by atoms with Gasteiger partial charge in [0.15, 0.2) is 0 Å². The van der Waals surface area contributed by atoms with E-state index in [-0.39, 0.29) is 37.7 Å². The quantitative estimate of drug-likeness (QED) is 0.502. The van der Waals surface area contributed by atoms with Gasteiger partial charge in [-0.05, 0) is 23.3 Å². The molecule has 0 saturated heterocycles. The van der Waals surface area contributed by atoms with Gasteiger partial charge in [-0.1, -0.05) is 36.4 Å². The summed E-state index contributed by atoms with van der Waals surface area (Å²) in [5.41, 5.74) is 2.54. The first-order chi connectivity index (χ1) is 6.93. The monoisotopic (exact) mass is 198 g/mol. The molecular formula is C13H12Li2O. The van der Waals surface area contributed by atoms with Crippen LogP contribution in [0.1, 0.15) is 11.1 Å². The maximum absolute atomic E-state index is 5.78. The van der Waals surface area contributed by atoms with E-state index in [1.807, 2.05) is 24.3 Å². The molecule has 2 aromatic carbocycles. The molecule has 0 unspecified atom stereocenters. The number of hydrogen-bond donors (Lipinski definition) is 0. The van der Waals surface area contributed by atoms with E-state index in [9.17, 15) is 0 Å². The Balaban J connectivity index is 0.000000640. The van der Waals surface area contributed by atoms with Gasteiger partial charge in [0.1, 0.15) is 11.5 Å². The summed E-state index contributed by atoms with van der Waals surface area (Å²) in [5.74, 6) is 1.98. The summed E-state index contributed by atoms with van der Waals surface area (Å²) in [5, 5.41) is 0. The van der Waals surface area contributed by atoms with Gasteiger partial charge >= 0.3 is 37.7 Å². The molecule has 1 heterocycles. The summed E-state index contributed by atoms with van der Waals surface area (Å²) in [6.07, 6.45) is 0.979. The predicted octanol–water partition coefficient (Wildman–Crippen LogP) is 2.09. The van der Waals surface area contributed by atoms with Crippen LogP contribution in [0.25, 0.3) is 0 Å². The molecule has 1 nitrogen and oxygen atoms in total. The minimum absolute atomic E-state index is 0. The first kappa shape index (κ1) is 13.5. The fourth-order valence-electron chi connectivity index (χ4n) is 1.82. The van der Waals surface area contributed by atoms with Crippen molar-refractivity contribution in [1.29, 1.82) is 0 Å². The van der Waals surface area contributed by atoms with Crippen molar-refractivity contribution in [2.45, 2.75) is 6.42 Å². The van der Waals surface area contributed by atoms with Gasteiger partial charge in [-0.25, -0.2) is 0 Å². The molecule has 0 bridgehead atoms. The van der Waals surface area contributed by atoms with Crippen LogP contribution in [0.15, 0.2) is 48.5 Å². The Morgan fingerprint density at radius 1 is 0.688 bits per heavy atom. The van der Waals surface area contributed by atoms with Crippen molar-refractivity contribution < 1.29 is 4.74 Å². The van der Waals surface area contributed by atoms with E-state index < -0.39 is 0 Å². The zero-order chi connectivity index (χ0) is 9.38. The van der Waals surface area contributed by atoms with Gasteiger partial charge in [0.2, 0.25) is 0 Å². The summed E-state index contributed by atoms with van der Waals surface area (Å²) in [4.78, 5) is 0. The molecule has 1 aliphatic rings. The summed E-state index contributed by atoms with van der Waals surface area (Å²) in [6.45, 7) is 0. The Morgan fingerprint density at radius 2 is 1.12 bits per heavy atom. The summed E-state index contributed by atoms with van der Waals surface area (Å²) >= 11 is 0. The molecule has 0 aliphatic carbocycles. The van der Waals surface area contributed by atoms with E-state index in [1.54, 1.807) is 0 Å². The molecule has 0 atom stereocenters. The van der Waals surface area contributed by atoms with E-state index in [0.717, 1.165) is 17.9 Å². The minimum atomic E-state index is 0. The van der Waals surface area contributed by atoms with Crippen LogP contribution in [-0.4, -0.2) is 37.7 Å². The maximum Gasteiger partial charge on any atom is 0.130 e. The van der Waals surface area contributed by atoms with Gasteiger partial charge in [-0.3, -0.25) is 0 Å². The molecule has 3 heteroatoms. The number of para-hydroxylation sites is 2. The van der Waals surface area contributed by atoms with Crippen LogP contribution < -0.4 is 4.74 Å². The van der Waals surface area contributed by atoms with Gasteiger partial charge in [0.25, 0.3) is 0 Å². The van der Waals surface area contributed by atoms with Crippen LogP contribution in [0.3, 0.4) is 0 Å². The average molecular weight is 198 g/mol. The van der Waals surface area contributed by atoms with Gasteiger partial charge in [-0.15, -0.1) is 0 Å². The van der Waals surface area contributed by atoms with E-state index in [1.165, 1.54) is 11.1 Å². The minimum Gasteiger partial charge on any atom is -0.457 e. The maximum atomic E-state index is 5.78. The molecule has 3 rings (SSSR count). The van der Waals surface area contributed by atoms with Crippen LogP contribution in [-0.2, 0) is 6.42 Å². The second kappa shape index (κ2) is 5.67. The van der Waals surface area contributed by atoms with Crippen molar-refractivity contribution in [3.8, 4) is 11.5 Å². The zero-order valence-corrected chi connectivity index (χ0v) is 7.73. The Morgan fingerprint density at radius 3 is 1.62 bits per heavy atom. The molecule has 16 heavy (non-hydrogen) atoms. The molecule has 1 aliphatic heterocycles.